The molecule has 0 bridgehead atoms. The highest BCUT2D eigenvalue weighted by molar-refractivity contribution is 7.00. The summed E-state index contributed by atoms with van der Waals surface area (Å²) in [5.74, 6) is 0. The van der Waals surface area contributed by atoms with Crippen LogP contribution in [0.25, 0.3) is 88.4 Å². The van der Waals surface area contributed by atoms with Gasteiger partial charge in [0.25, 0.3) is 6.71 Å². The van der Waals surface area contributed by atoms with E-state index in [1.54, 1.807) is 0 Å². The summed E-state index contributed by atoms with van der Waals surface area (Å²) in [6, 6.07) is 100.0. The number of hydrogen-bond donors (Lipinski definition) is 0. The molecule has 0 saturated heterocycles. The highest BCUT2D eigenvalue weighted by Gasteiger charge is 2.45. The van der Waals surface area contributed by atoms with Crippen LogP contribution in [0.3, 0.4) is 0 Å². The maximum atomic E-state index is 2.61. The van der Waals surface area contributed by atoms with Gasteiger partial charge in [-0.15, -0.1) is 0 Å². The smallest absolute Gasteiger partial charge is 0.252 e. The van der Waals surface area contributed by atoms with Gasteiger partial charge < -0.3 is 18.9 Å². The fraction of sp³-hybridized carbons (Fsp3) is 0.182. The lowest BCUT2D eigenvalue weighted by molar-refractivity contribution is 0.332. The van der Waals surface area contributed by atoms with E-state index in [9.17, 15) is 0 Å². The zero-order chi connectivity index (χ0) is 62.9. The van der Waals surface area contributed by atoms with Crippen LogP contribution in [-0.2, 0) is 21.7 Å². The summed E-state index contributed by atoms with van der Waals surface area (Å²) in [6.45, 7) is 19.3. The molecule has 5 heteroatoms. The van der Waals surface area contributed by atoms with Crippen molar-refractivity contribution in [1.29, 1.82) is 0 Å². The predicted molar refractivity (Wildman–Crippen MR) is 396 cm³/mol. The van der Waals surface area contributed by atoms with E-state index in [1.807, 2.05) is 0 Å². The quantitative estimate of drug-likeness (QED) is 0.148. The van der Waals surface area contributed by atoms with Crippen LogP contribution < -0.4 is 26.2 Å². The summed E-state index contributed by atoms with van der Waals surface area (Å²) in [7, 11) is 0. The SMILES string of the molecule is CC1(C)CCC(C)(C)c2cc(-c3ccc(N4c5cc(-n6c7ccccc7c7ccccc76)ccc5B5c6ccc(-n7c8ccccc8c8ccccc87)cc6N(c6ccc(-c7ccc8c(c7)C(C)(C)CCC8(C)C)cc6)c6cc(-c7ccccc7)cc4c65)cc3)ccc21. The molecule has 4 aliphatic rings. The molecule has 0 amide bonds. The van der Waals surface area contributed by atoms with Crippen LogP contribution in [0.5, 0.6) is 0 Å². The van der Waals surface area contributed by atoms with Crippen LogP contribution in [-0.4, -0.2) is 15.8 Å². The average Bonchev–Trinajstić information content (AvgIpc) is 0.884. The molecule has 450 valence electrons. The number of para-hydroxylation sites is 4. The molecule has 0 saturated carbocycles. The maximum absolute atomic E-state index is 2.61. The van der Waals surface area contributed by atoms with Crippen LogP contribution in [0.4, 0.5) is 34.1 Å². The molecule has 2 aliphatic heterocycles. The van der Waals surface area contributed by atoms with Crippen molar-refractivity contribution in [3.8, 4) is 44.8 Å². The van der Waals surface area contributed by atoms with E-state index < -0.39 is 0 Å². The zero-order valence-corrected chi connectivity index (χ0v) is 54.5. The highest BCUT2D eigenvalue weighted by Crippen LogP contribution is 2.52. The molecule has 4 heterocycles. The Morgan fingerprint density at radius 1 is 0.258 bits per heavy atom. The van der Waals surface area contributed by atoms with Gasteiger partial charge in [0.2, 0.25) is 0 Å². The second-order valence-corrected chi connectivity index (χ2v) is 29.8. The minimum Gasteiger partial charge on any atom is -0.311 e. The molecule has 0 spiro atoms. The van der Waals surface area contributed by atoms with Crippen molar-refractivity contribution in [2.45, 2.75) is 103 Å². The van der Waals surface area contributed by atoms with Gasteiger partial charge in [0, 0.05) is 67.0 Å². The Kier molecular flexibility index (Phi) is 12.1. The number of benzene rings is 12. The molecular formula is C88H75BN4. The van der Waals surface area contributed by atoms with E-state index in [4.69, 9.17) is 0 Å². The summed E-state index contributed by atoms with van der Waals surface area (Å²) in [5.41, 5.74) is 31.5. The number of hydrogen-bond acceptors (Lipinski definition) is 2. The summed E-state index contributed by atoms with van der Waals surface area (Å²) in [5, 5.41) is 5.00. The third kappa shape index (κ3) is 8.51. The van der Waals surface area contributed by atoms with E-state index in [2.05, 4.69) is 335 Å². The normalized spacial score (nSPS) is 16.3. The molecule has 12 aromatic carbocycles. The topological polar surface area (TPSA) is 16.3 Å². The molecule has 0 atom stereocenters. The van der Waals surface area contributed by atoms with Gasteiger partial charge in [-0.05, 0) is 204 Å². The third-order valence-corrected chi connectivity index (χ3v) is 22.4. The molecule has 0 unspecified atom stereocenters. The predicted octanol–water partition coefficient (Wildman–Crippen LogP) is 21.7. The second-order valence-electron chi connectivity index (χ2n) is 29.8. The molecule has 14 aromatic rings. The monoisotopic (exact) mass is 1200 g/mol. The van der Waals surface area contributed by atoms with Gasteiger partial charge in [0.15, 0.2) is 0 Å². The molecule has 2 aliphatic carbocycles. The Bertz CT molecular complexity index is 4990. The Morgan fingerprint density at radius 3 is 0.968 bits per heavy atom. The zero-order valence-electron chi connectivity index (χ0n) is 54.5. The van der Waals surface area contributed by atoms with E-state index in [-0.39, 0.29) is 28.4 Å². The lowest BCUT2D eigenvalue weighted by Crippen LogP contribution is -2.61. The van der Waals surface area contributed by atoms with Gasteiger partial charge in [-0.2, -0.15) is 0 Å². The minimum atomic E-state index is -0.124. The molecule has 93 heavy (non-hydrogen) atoms. The molecule has 4 nitrogen and oxygen atoms in total. The van der Waals surface area contributed by atoms with Gasteiger partial charge >= 0.3 is 0 Å². The van der Waals surface area contributed by atoms with E-state index >= 15 is 0 Å². The molecule has 2 aromatic heterocycles. The van der Waals surface area contributed by atoms with Crippen molar-refractivity contribution in [3.63, 3.8) is 0 Å². The Balaban J connectivity index is 0.890. The fourth-order valence-corrected chi connectivity index (χ4v) is 17.1. The van der Waals surface area contributed by atoms with Crippen LogP contribution in [0, 0.1) is 0 Å². The van der Waals surface area contributed by atoms with Crippen molar-refractivity contribution >= 4 is 101 Å². The third-order valence-electron chi connectivity index (χ3n) is 22.4. The van der Waals surface area contributed by atoms with E-state index in [0.717, 1.165) is 28.3 Å². The summed E-state index contributed by atoms with van der Waals surface area (Å²) < 4.78 is 4.97. The van der Waals surface area contributed by atoms with E-state index in [0.29, 0.717) is 0 Å². The summed E-state index contributed by atoms with van der Waals surface area (Å²) >= 11 is 0. The van der Waals surface area contributed by atoms with Crippen molar-refractivity contribution < 1.29 is 0 Å². The first-order chi connectivity index (χ1) is 45.1. The second kappa shape index (κ2) is 20.2. The first-order valence-corrected chi connectivity index (χ1v) is 33.7. The average molecular weight is 1200 g/mol. The number of aromatic nitrogens is 2. The number of anilines is 6. The number of nitrogens with zero attached hydrogens (tertiary/aromatic N) is 4. The Morgan fingerprint density at radius 2 is 0.581 bits per heavy atom. The Hall–Kier alpha value is -10.1. The van der Waals surface area contributed by atoms with Crippen LogP contribution in [0.15, 0.2) is 261 Å². The standard InChI is InChI=1S/C88H75BN4/c1-85(2)46-48-87(5,6)72-50-59(34-42-70(72)85)57-30-36-62(37-31-57)90-80-54-64(92-76-26-16-12-22-66(76)67-23-13-17-27-77(67)92)40-44-74(80)89-75-45-41-65(93-78-28-18-14-24-68(78)69-25-15-19-29-79(69)93)55-81(75)91(83-53-61(52-82(90)84(83)89)56-20-10-9-11-21-56)63-38-32-58(33-39-63)60-35-43-71-73(51-60)88(7,8)49-47-86(71,3)4/h9-45,50-55H,46-49H2,1-8H3. The van der Waals surface area contributed by atoms with Gasteiger partial charge in [-0.25, -0.2) is 0 Å². The van der Waals surface area contributed by atoms with Crippen LogP contribution >= 0.6 is 0 Å². The highest BCUT2D eigenvalue weighted by atomic mass is 15.2. The van der Waals surface area contributed by atoms with Crippen LogP contribution in [0.1, 0.15) is 103 Å². The van der Waals surface area contributed by atoms with Gasteiger partial charge in [0.1, 0.15) is 0 Å². The van der Waals surface area contributed by atoms with Crippen molar-refractivity contribution in [1.82, 2.24) is 9.13 Å². The molecular weight excluding hydrogens is 1120 g/mol. The molecule has 0 N–H and O–H groups in total. The van der Waals surface area contributed by atoms with Crippen LogP contribution in [0.2, 0.25) is 0 Å². The summed E-state index contributed by atoms with van der Waals surface area (Å²) in [4.78, 5) is 5.21. The number of fused-ring (bicyclic) bond motifs is 12. The van der Waals surface area contributed by atoms with Crippen molar-refractivity contribution in [2.75, 3.05) is 9.80 Å². The lowest BCUT2D eigenvalue weighted by atomic mass is 9.33. The van der Waals surface area contributed by atoms with E-state index in [1.165, 1.54) is 159 Å². The largest absolute Gasteiger partial charge is 0.311 e. The lowest BCUT2D eigenvalue weighted by Gasteiger charge is -2.44. The fourth-order valence-electron chi connectivity index (χ4n) is 17.1. The van der Waals surface area contributed by atoms with Gasteiger partial charge in [-0.1, -0.05) is 231 Å². The molecule has 0 radical (unpaired) electrons. The van der Waals surface area contributed by atoms with Gasteiger partial charge in [0.05, 0.1) is 22.1 Å². The number of rotatable bonds is 7. The first kappa shape index (κ1) is 55.7. The van der Waals surface area contributed by atoms with Crippen molar-refractivity contribution in [3.05, 3.63) is 283 Å². The summed E-state index contributed by atoms with van der Waals surface area (Å²) in [6.07, 6.45) is 4.74. The first-order valence-electron chi connectivity index (χ1n) is 33.7. The minimum absolute atomic E-state index is 0.101. The van der Waals surface area contributed by atoms with Crippen molar-refractivity contribution in [2.24, 2.45) is 0 Å². The Labute approximate surface area is 547 Å². The maximum Gasteiger partial charge on any atom is 0.252 e. The molecule has 0 fully saturated rings. The molecule has 18 rings (SSSR count). The van der Waals surface area contributed by atoms with Gasteiger partial charge in [-0.3, -0.25) is 0 Å².